The van der Waals surface area contributed by atoms with E-state index in [9.17, 15) is 4.79 Å². The van der Waals surface area contributed by atoms with Crippen molar-refractivity contribution in [2.45, 2.75) is 19.8 Å². The molecule has 114 valence electrons. The van der Waals surface area contributed by atoms with E-state index in [0.29, 0.717) is 16.3 Å². The molecular formula is C17H17ClN2OS. The number of amides is 1. The first kappa shape index (κ1) is 16.5. The van der Waals surface area contributed by atoms with Gasteiger partial charge in [0.2, 0.25) is 0 Å². The van der Waals surface area contributed by atoms with Crippen LogP contribution in [0.4, 0.5) is 5.69 Å². The largest absolute Gasteiger partial charge is 0.331 e. The summed E-state index contributed by atoms with van der Waals surface area (Å²) in [6.07, 6.45) is 2.05. The first-order valence-electron chi connectivity index (χ1n) is 7.06. The first-order chi connectivity index (χ1) is 10.6. The van der Waals surface area contributed by atoms with Crippen LogP contribution in [0.1, 0.15) is 29.3 Å². The van der Waals surface area contributed by atoms with E-state index in [4.69, 9.17) is 23.8 Å². The Labute approximate surface area is 140 Å². The second kappa shape index (κ2) is 7.92. The predicted molar refractivity (Wildman–Crippen MR) is 95.6 cm³/mol. The summed E-state index contributed by atoms with van der Waals surface area (Å²) in [7, 11) is 0. The number of carbonyl (C=O) groups is 1. The number of anilines is 1. The predicted octanol–water partition coefficient (Wildman–Crippen LogP) is 4.42. The molecular weight excluding hydrogens is 316 g/mol. The lowest BCUT2D eigenvalue weighted by molar-refractivity contribution is 0.0977. The molecule has 2 aromatic carbocycles. The third kappa shape index (κ3) is 4.55. The summed E-state index contributed by atoms with van der Waals surface area (Å²) in [4.78, 5) is 12.0. The molecule has 5 heteroatoms. The van der Waals surface area contributed by atoms with Crippen molar-refractivity contribution in [3.63, 3.8) is 0 Å². The molecule has 2 N–H and O–H groups in total. The molecule has 0 aromatic heterocycles. The topological polar surface area (TPSA) is 41.1 Å². The summed E-state index contributed by atoms with van der Waals surface area (Å²) in [5, 5.41) is 6.39. The number of thiocarbonyl (C=S) groups is 1. The van der Waals surface area contributed by atoms with Crippen LogP contribution in [0.3, 0.4) is 0 Å². The van der Waals surface area contributed by atoms with Crippen LogP contribution >= 0.6 is 23.8 Å². The lowest BCUT2D eigenvalue weighted by atomic mass is 10.1. The molecule has 0 saturated heterocycles. The molecule has 0 fully saturated rings. The monoisotopic (exact) mass is 332 g/mol. The van der Waals surface area contributed by atoms with Gasteiger partial charge in [-0.3, -0.25) is 10.1 Å². The molecule has 0 aliphatic rings. The highest BCUT2D eigenvalue weighted by atomic mass is 35.5. The van der Waals surface area contributed by atoms with E-state index in [2.05, 4.69) is 17.6 Å². The van der Waals surface area contributed by atoms with Crippen molar-refractivity contribution in [3.8, 4) is 0 Å². The number of benzene rings is 2. The maximum Gasteiger partial charge on any atom is 0.257 e. The molecule has 0 saturated carbocycles. The summed E-state index contributed by atoms with van der Waals surface area (Å²) in [5.41, 5.74) is 2.41. The van der Waals surface area contributed by atoms with Gasteiger partial charge in [0.1, 0.15) is 0 Å². The van der Waals surface area contributed by atoms with Gasteiger partial charge in [-0.15, -0.1) is 0 Å². The summed E-state index contributed by atoms with van der Waals surface area (Å²) in [6, 6.07) is 14.7. The lowest BCUT2D eigenvalue weighted by Crippen LogP contribution is -2.34. The van der Waals surface area contributed by atoms with Crippen molar-refractivity contribution in [3.05, 3.63) is 64.7 Å². The average Bonchev–Trinajstić information content (AvgIpc) is 2.51. The molecule has 0 atom stereocenters. The van der Waals surface area contributed by atoms with Crippen molar-refractivity contribution in [2.75, 3.05) is 5.32 Å². The number of hydrogen-bond donors (Lipinski definition) is 2. The van der Waals surface area contributed by atoms with Crippen molar-refractivity contribution in [1.82, 2.24) is 5.32 Å². The zero-order valence-corrected chi connectivity index (χ0v) is 13.8. The molecule has 3 nitrogen and oxygen atoms in total. The molecule has 0 bridgehead atoms. The quantitative estimate of drug-likeness (QED) is 0.814. The van der Waals surface area contributed by atoms with Gasteiger partial charge in [0.05, 0.1) is 10.7 Å². The molecule has 0 radical (unpaired) electrons. The second-order valence-electron chi connectivity index (χ2n) is 4.84. The van der Waals surface area contributed by atoms with Crippen molar-refractivity contribution in [2.24, 2.45) is 0 Å². The average molecular weight is 333 g/mol. The molecule has 1 amide bonds. The fraction of sp³-hybridized carbons (Fsp3) is 0.176. The Morgan fingerprint density at radius 1 is 1.18 bits per heavy atom. The van der Waals surface area contributed by atoms with Gasteiger partial charge >= 0.3 is 0 Å². The molecule has 0 unspecified atom stereocenters. The molecule has 0 aliphatic carbocycles. The van der Waals surface area contributed by atoms with Gasteiger partial charge < -0.3 is 5.32 Å². The maximum atomic E-state index is 12.0. The standard InChI is InChI=1S/C17H17ClN2OS/c1-2-6-12-9-10-15(14(18)11-12)19-17(22)20-16(21)13-7-4-3-5-8-13/h3-5,7-11H,2,6H2,1H3,(H2,19,20,21,22). The Kier molecular flexibility index (Phi) is 5.92. The maximum absolute atomic E-state index is 12.0. The van der Waals surface area contributed by atoms with Crippen LogP contribution < -0.4 is 10.6 Å². The van der Waals surface area contributed by atoms with E-state index in [1.165, 1.54) is 5.56 Å². The van der Waals surface area contributed by atoms with E-state index in [-0.39, 0.29) is 11.0 Å². The van der Waals surface area contributed by atoms with Crippen molar-refractivity contribution >= 4 is 40.5 Å². The fourth-order valence-electron chi connectivity index (χ4n) is 2.02. The third-order valence-corrected chi connectivity index (χ3v) is 3.60. The minimum atomic E-state index is -0.253. The minimum Gasteiger partial charge on any atom is -0.331 e. The fourth-order valence-corrected chi connectivity index (χ4v) is 2.48. The van der Waals surface area contributed by atoms with Gasteiger partial charge in [-0.25, -0.2) is 0 Å². The van der Waals surface area contributed by atoms with E-state index in [0.717, 1.165) is 12.8 Å². The Balaban J connectivity index is 1.99. The van der Waals surface area contributed by atoms with Crippen LogP contribution in [0.25, 0.3) is 0 Å². The van der Waals surface area contributed by atoms with Crippen LogP contribution in [0.2, 0.25) is 5.02 Å². The number of aryl methyl sites for hydroxylation is 1. The molecule has 0 aliphatic heterocycles. The van der Waals surface area contributed by atoms with Gasteiger partial charge in [-0.2, -0.15) is 0 Å². The Morgan fingerprint density at radius 3 is 2.55 bits per heavy atom. The Morgan fingerprint density at radius 2 is 1.91 bits per heavy atom. The highest BCUT2D eigenvalue weighted by molar-refractivity contribution is 7.80. The van der Waals surface area contributed by atoms with Crippen LogP contribution in [0.5, 0.6) is 0 Å². The van der Waals surface area contributed by atoms with Crippen molar-refractivity contribution in [1.29, 1.82) is 0 Å². The first-order valence-corrected chi connectivity index (χ1v) is 7.84. The molecule has 22 heavy (non-hydrogen) atoms. The Hall–Kier alpha value is -1.91. The number of carbonyl (C=O) groups excluding carboxylic acids is 1. The molecule has 0 spiro atoms. The summed E-state index contributed by atoms with van der Waals surface area (Å²) in [6.45, 7) is 2.12. The number of halogens is 1. The van der Waals surface area contributed by atoms with E-state index < -0.39 is 0 Å². The molecule has 2 rings (SSSR count). The minimum absolute atomic E-state index is 0.221. The van der Waals surface area contributed by atoms with Gasteiger partial charge in [-0.05, 0) is 48.5 Å². The Bertz CT molecular complexity index is 674. The smallest absolute Gasteiger partial charge is 0.257 e. The third-order valence-electron chi connectivity index (χ3n) is 3.08. The molecule has 2 aromatic rings. The van der Waals surface area contributed by atoms with Crippen LogP contribution in [0.15, 0.2) is 48.5 Å². The number of nitrogens with one attached hydrogen (secondary N) is 2. The number of hydrogen-bond acceptors (Lipinski definition) is 2. The van der Waals surface area contributed by atoms with Gasteiger partial charge in [-0.1, -0.05) is 49.2 Å². The van der Waals surface area contributed by atoms with Gasteiger partial charge in [0, 0.05) is 5.56 Å². The summed E-state index contributed by atoms with van der Waals surface area (Å²) < 4.78 is 0. The van der Waals surface area contributed by atoms with E-state index in [1.807, 2.05) is 24.3 Å². The zero-order chi connectivity index (χ0) is 15.9. The SMILES string of the molecule is CCCc1ccc(NC(=S)NC(=O)c2ccccc2)c(Cl)c1. The van der Waals surface area contributed by atoms with E-state index in [1.54, 1.807) is 24.3 Å². The summed E-state index contributed by atoms with van der Waals surface area (Å²) >= 11 is 11.4. The van der Waals surface area contributed by atoms with Crippen LogP contribution in [-0.2, 0) is 6.42 Å². The van der Waals surface area contributed by atoms with Crippen LogP contribution in [0, 0.1) is 0 Å². The zero-order valence-electron chi connectivity index (χ0n) is 12.2. The molecule has 0 heterocycles. The lowest BCUT2D eigenvalue weighted by Gasteiger charge is -2.12. The van der Waals surface area contributed by atoms with Crippen molar-refractivity contribution < 1.29 is 4.79 Å². The summed E-state index contributed by atoms with van der Waals surface area (Å²) in [5.74, 6) is -0.253. The highest BCUT2D eigenvalue weighted by Gasteiger charge is 2.09. The van der Waals surface area contributed by atoms with Gasteiger partial charge in [0.15, 0.2) is 5.11 Å². The van der Waals surface area contributed by atoms with Crippen LogP contribution in [-0.4, -0.2) is 11.0 Å². The second-order valence-corrected chi connectivity index (χ2v) is 5.65. The van der Waals surface area contributed by atoms with Gasteiger partial charge in [0.25, 0.3) is 5.91 Å². The normalized spacial score (nSPS) is 10.1. The van der Waals surface area contributed by atoms with E-state index >= 15 is 0 Å². The highest BCUT2D eigenvalue weighted by Crippen LogP contribution is 2.23. The number of rotatable bonds is 4.